The summed E-state index contributed by atoms with van der Waals surface area (Å²) in [4.78, 5) is 15.7. The molecule has 0 saturated heterocycles. The molecule has 0 bridgehead atoms. The zero-order valence-corrected chi connectivity index (χ0v) is 12.4. The first-order valence-electron chi connectivity index (χ1n) is 6.97. The number of benzene rings is 1. The van der Waals surface area contributed by atoms with Crippen LogP contribution >= 0.6 is 0 Å². The smallest absolute Gasteiger partial charge is 0.310 e. The number of nitrogens with zero attached hydrogens (tertiary/aromatic N) is 1. The average molecular weight is 289 g/mol. The van der Waals surface area contributed by atoms with E-state index in [0.29, 0.717) is 10.9 Å². The van der Waals surface area contributed by atoms with E-state index in [1.807, 2.05) is 19.9 Å². The molecule has 0 unspecified atom stereocenters. The molecular weight excluding hydrogens is 270 g/mol. The van der Waals surface area contributed by atoms with Crippen LogP contribution in [0.5, 0.6) is 11.6 Å². The van der Waals surface area contributed by atoms with Crippen LogP contribution in [-0.2, 0) is 22.4 Å². The SMILES string of the molecule is CCOC(=O)Cc1c(O)nc2cc(C)cc(CC)c2c1O. The Morgan fingerprint density at radius 1 is 1.29 bits per heavy atom. The van der Waals surface area contributed by atoms with Crippen LogP contribution in [0.1, 0.15) is 30.5 Å². The number of fused-ring (bicyclic) bond motifs is 1. The molecule has 112 valence electrons. The summed E-state index contributed by atoms with van der Waals surface area (Å²) in [7, 11) is 0. The Hall–Kier alpha value is -2.30. The number of esters is 1. The summed E-state index contributed by atoms with van der Waals surface area (Å²) in [5.74, 6) is -0.933. The maximum Gasteiger partial charge on any atom is 0.310 e. The van der Waals surface area contributed by atoms with Gasteiger partial charge in [-0.1, -0.05) is 13.0 Å². The average Bonchev–Trinajstić information content (AvgIpc) is 2.42. The van der Waals surface area contributed by atoms with Crippen molar-refractivity contribution in [2.24, 2.45) is 0 Å². The molecule has 0 saturated carbocycles. The second-order valence-corrected chi connectivity index (χ2v) is 4.92. The molecule has 1 aromatic heterocycles. The highest BCUT2D eigenvalue weighted by Crippen LogP contribution is 2.36. The minimum Gasteiger partial charge on any atom is -0.507 e. The van der Waals surface area contributed by atoms with Crippen LogP contribution in [0.25, 0.3) is 10.9 Å². The van der Waals surface area contributed by atoms with Gasteiger partial charge < -0.3 is 14.9 Å². The van der Waals surface area contributed by atoms with Gasteiger partial charge in [0.05, 0.1) is 24.1 Å². The van der Waals surface area contributed by atoms with Crippen molar-refractivity contribution in [2.75, 3.05) is 6.61 Å². The first-order chi connectivity index (χ1) is 9.97. The van der Waals surface area contributed by atoms with Gasteiger partial charge >= 0.3 is 5.97 Å². The Bertz CT molecular complexity index is 694. The Kier molecular flexibility index (Phi) is 4.31. The number of pyridine rings is 1. The second-order valence-electron chi connectivity index (χ2n) is 4.92. The lowest BCUT2D eigenvalue weighted by Crippen LogP contribution is -2.08. The Morgan fingerprint density at radius 2 is 2.00 bits per heavy atom. The molecule has 5 heteroatoms. The summed E-state index contributed by atoms with van der Waals surface area (Å²) >= 11 is 0. The quantitative estimate of drug-likeness (QED) is 0.846. The summed E-state index contributed by atoms with van der Waals surface area (Å²) in [6.07, 6.45) is 0.516. The number of aryl methyl sites for hydroxylation is 2. The predicted molar refractivity (Wildman–Crippen MR) is 79.5 cm³/mol. The van der Waals surface area contributed by atoms with E-state index in [2.05, 4.69) is 4.98 Å². The number of aromatic hydroxyl groups is 2. The summed E-state index contributed by atoms with van der Waals surface area (Å²) in [6.45, 7) is 5.86. The van der Waals surface area contributed by atoms with Gasteiger partial charge in [0.1, 0.15) is 5.75 Å². The standard InChI is InChI=1S/C16H19NO4/c1-4-10-6-9(3)7-12-14(10)15(19)11(16(20)17-12)8-13(18)21-5-2/h6-7H,4-5,8H2,1-3H3,(H2,17,19,20). The van der Waals surface area contributed by atoms with Crippen LogP contribution in [0.4, 0.5) is 0 Å². The summed E-state index contributed by atoms with van der Waals surface area (Å²) in [6, 6.07) is 3.76. The molecule has 21 heavy (non-hydrogen) atoms. The Balaban J connectivity index is 2.63. The fraction of sp³-hybridized carbons (Fsp3) is 0.375. The van der Waals surface area contributed by atoms with Crippen LogP contribution in [0.3, 0.4) is 0 Å². The van der Waals surface area contributed by atoms with Crippen LogP contribution < -0.4 is 0 Å². The van der Waals surface area contributed by atoms with Gasteiger partial charge in [-0.15, -0.1) is 0 Å². The number of hydrogen-bond donors (Lipinski definition) is 2. The minimum absolute atomic E-state index is 0.0950. The van der Waals surface area contributed by atoms with E-state index < -0.39 is 5.97 Å². The minimum atomic E-state index is -0.505. The van der Waals surface area contributed by atoms with Crippen molar-refractivity contribution in [2.45, 2.75) is 33.6 Å². The van der Waals surface area contributed by atoms with Crippen molar-refractivity contribution in [1.82, 2.24) is 4.98 Å². The third kappa shape index (κ3) is 2.91. The lowest BCUT2D eigenvalue weighted by atomic mass is 9.99. The van der Waals surface area contributed by atoms with Gasteiger partial charge in [0, 0.05) is 5.39 Å². The zero-order chi connectivity index (χ0) is 15.6. The monoisotopic (exact) mass is 289 g/mol. The van der Waals surface area contributed by atoms with E-state index >= 15 is 0 Å². The molecule has 0 aliphatic carbocycles. The molecular formula is C16H19NO4. The first kappa shape index (κ1) is 15.1. The van der Waals surface area contributed by atoms with E-state index in [4.69, 9.17) is 4.74 Å². The highest BCUT2D eigenvalue weighted by atomic mass is 16.5. The number of ether oxygens (including phenoxy) is 1. The van der Waals surface area contributed by atoms with Gasteiger partial charge in [-0.25, -0.2) is 4.98 Å². The Morgan fingerprint density at radius 3 is 2.62 bits per heavy atom. The van der Waals surface area contributed by atoms with Gasteiger partial charge in [-0.3, -0.25) is 4.79 Å². The lowest BCUT2D eigenvalue weighted by molar-refractivity contribution is -0.142. The first-order valence-corrected chi connectivity index (χ1v) is 6.97. The molecule has 2 rings (SSSR count). The largest absolute Gasteiger partial charge is 0.507 e. The molecule has 0 spiro atoms. The molecule has 0 aliphatic heterocycles. The van der Waals surface area contributed by atoms with Gasteiger partial charge in [0.2, 0.25) is 5.88 Å². The van der Waals surface area contributed by atoms with Gasteiger partial charge in [-0.05, 0) is 37.5 Å². The van der Waals surface area contributed by atoms with Gasteiger partial charge in [0.15, 0.2) is 0 Å². The number of rotatable bonds is 4. The normalized spacial score (nSPS) is 10.8. The zero-order valence-electron chi connectivity index (χ0n) is 12.4. The van der Waals surface area contributed by atoms with Crippen LogP contribution in [0.15, 0.2) is 12.1 Å². The predicted octanol–water partition coefficient (Wildman–Crippen LogP) is 2.62. The second kappa shape index (κ2) is 5.99. The molecule has 1 aromatic carbocycles. The van der Waals surface area contributed by atoms with Crippen molar-refractivity contribution in [3.63, 3.8) is 0 Å². The molecule has 0 amide bonds. The van der Waals surface area contributed by atoms with Crippen LogP contribution in [-0.4, -0.2) is 27.8 Å². The number of aromatic nitrogens is 1. The molecule has 0 fully saturated rings. The molecule has 0 radical (unpaired) electrons. The summed E-state index contributed by atoms with van der Waals surface area (Å²) < 4.78 is 4.85. The molecule has 0 aliphatic rings. The van der Waals surface area contributed by atoms with Crippen molar-refractivity contribution >= 4 is 16.9 Å². The van der Waals surface area contributed by atoms with E-state index in [1.165, 1.54) is 0 Å². The molecule has 0 atom stereocenters. The van der Waals surface area contributed by atoms with E-state index in [0.717, 1.165) is 17.5 Å². The fourth-order valence-electron chi connectivity index (χ4n) is 2.44. The maximum absolute atomic E-state index is 11.6. The number of carbonyl (C=O) groups is 1. The Labute approximate surface area is 123 Å². The van der Waals surface area contributed by atoms with E-state index in [-0.39, 0.29) is 30.2 Å². The van der Waals surface area contributed by atoms with E-state index in [1.54, 1.807) is 13.0 Å². The van der Waals surface area contributed by atoms with Crippen molar-refractivity contribution in [1.29, 1.82) is 0 Å². The van der Waals surface area contributed by atoms with Crippen LogP contribution in [0, 0.1) is 6.92 Å². The molecule has 2 aromatic rings. The summed E-state index contributed by atoms with van der Waals surface area (Å²) in [5.41, 5.74) is 2.57. The summed E-state index contributed by atoms with van der Waals surface area (Å²) in [5, 5.41) is 21.0. The maximum atomic E-state index is 11.6. The molecule has 2 N–H and O–H groups in total. The van der Waals surface area contributed by atoms with Crippen molar-refractivity contribution in [3.8, 4) is 11.6 Å². The number of hydrogen-bond acceptors (Lipinski definition) is 5. The van der Waals surface area contributed by atoms with E-state index in [9.17, 15) is 15.0 Å². The van der Waals surface area contributed by atoms with Crippen molar-refractivity contribution in [3.05, 3.63) is 28.8 Å². The van der Waals surface area contributed by atoms with Crippen LogP contribution in [0.2, 0.25) is 0 Å². The number of carbonyl (C=O) groups excluding carboxylic acids is 1. The third-order valence-corrected chi connectivity index (χ3v) is 3.37. The van der Waals surface area contributed by atoms with Gasteiger partial charge in [0.25, 0.3) is 0 Å². The fourth-order valence-corrected chi connectivity index (χ4v) is 2.44. The van der Waals surface area contributed by atoms with Gasteiger partial charge in [-0.2, -0.15) is 0 Å². The third-order valence-electron chi connectivity index (χ3n) is 3.37. The highest BCUT2D eigenvalue weighted by Gasteiger charge is 2.19. The lowest BCUT2D eigenvalue weighted by Gasteiger charge is -2.13. The topological polar surface area (TPSA) is 79.7 Å². The van der Waals surface area contributed by atoms with Crippen molar-refractivity contribution < 1.29 is 19.7 Å². The highest BCUT2D eigenvalue weighted by molar-refractivity contribution is 5.92. The molecule has 1 heterocycles. The molecule has 5 nitrogen and oxygen atoms in total.